The third-order valence-electron chi connectivity index (χ3n) is 5.03. The Kier molecular flexibility index (Phi) is 8.42. The van der Waals surface area contributed by atoms with Crippen molar-refractivity contribution < 1.29 is 4.79 Å². The highest BCUT2D eigenvalue weighted by Gasteiger charge is 2.27. The summed E-state index contributed by atoms with van der Waals surface area (Å²) < 4.78 is 0. The van der Waals surface area contributed by atoms with Gasteiger partial charge in [0.1, 0.15) is 5.15 Å². The molecule has 0 atom stereocenters. The van der Waals surface area contributed by atoms with Crippen molar-refractivity contribution in [2.24, 2.45) is 11.1 Å². The van der Waals surface area contributed by atoms with Crippen molar-refractivity contribution >= 4 is 29.4 Å². The van der Waals surface area contributed by atoms with E-state index < -0.39 is 0 Å². The maximum Gasteiger partial charge on any atom is 0.207 e. The first kappa shape index (κ1) is 23.4. The molecule has 0 radical (unpaired) electrons. The molecule has 1 aromatic heterocycles. The fraction of sp³-hybridized carbons (Fsp3) is 0.348. The molecule has 5 N–H and O–H groups in total. The Morgan fingerprint density at radius 3 is 2.70 bits per heavy atom. The van der Waals surface area contributed by atoms with Crippen LogP contribution >= 0.6 is 11.6 Å². The summed E-state index contributed by atoms with van der Waals surface area (Å²) in [4.78, 5) is 13.7. The van der Waals surface area contributed by atoms with E-state index in [1.54, 1.807) is 12.3 Å². The van der Waals surface area contributed by atoms with Gasteiger partial charge in [0.15, 0.2) is 0 Å². The number of hydrogen-bond acceptors (Lipinski definition) is 5. The molecular weight excluding hydrogens is 398 g/mol. The lowest BCUT2D eigenvalue weighted by Gasteiger charge is -2.31. The molecule has 160 valence electrons. The summed E-state index contributed by atoms with van der Waals surface area (Å²) in [5.41, 5.74) is 11.8. The molecule has 0 saturated carbocycles. The Morgan fingerprint density at radius 2 is 2.10 bits per heavy atom. The average Bonchev–Trinajstić information content (AvgIpc) is 2.73. The van der Waals surface area contributed by atoms with Gasteiger partial charge in [-0.2, -0.15) is 0 Å². The van der Waals surface area contributed by atoms with Gasteiger partial charge in [-0.3, -0.25) is 10.2 Å². The number of allylic oxidation sites excluding steroid dienone is 2. The summed E-state index contributed by atoms with van der Waals surface area (Å²) in [6, 6.07) is 11.4. The van der Waals surface area contributed by atoms with Crippen LogP contribution in [0.15, 0.2) is 53.9 Å². The molecular formula is C23H30ClN5O. The summed E-state index contributed by atoms with van der Waals surface area (Å²) in [6.45, 7) is 4.97. The van der Waals surface area contributed by atoms with E-state index >= 15 is 0 Å². The number of hydrogen-bond donors (Lipinski definition) is 4. The van der Waals surface area contributed by atoms with Gasteiger partial charge < -0.3 is 16.4 Å². The molecule has 1 aromatic carbocycles. The molecule has 0 fully saturated rings. The number of carbonyl (C=O) groups excluding carboxylic acids is 1. The molecule has 1 heterocycles. The van der Waals surface area contributed by atoms with Crippen LogP contribution in [-0.2, 0) is 11.3 Å². The van der Waals surface area contributed by atoms with E-state index in [0.717, 1.165) is 47.3 Å². The summed E-state index contributed by atoms with van der Waals surface area (Å²) in [5, 5.41) is 14.5. The number of aromatic nitrogens is 1. The molecule has 1 aliphatic carbocycles. The Bertz CT molecular complexity index is 906. The smallest absolute Gasteiger partial charge is 0.207 e. The molecule has 0 saturated heterocycles. The van der Waals surface area contributed by atoms with E-state index in [0.29, 0.717) is 23.8 Å². The van der Waals surface area contributed by atoms with Crippen molar-refractivity contribution in [3.8, 4) is 0 Å². The van der Waals surface area contributed by atoms with Gasteiger partial charge in [0.2, 0.25) is 6.41 Å². The largest absolute Gasteiger partial charge is 0.402 e. The van der Waals surface area contributed by atoms with E-state index in [1.165, 1.54) is 0 Å². The highest BCUT2D eigenvalue weighted by molar-refractivity contribution is 6.29. The zero-order valence-corrected chi connectivity index (χ0v) is 18.5. The van der Waals surface area contributed by atoms with Gasteiger partial charge in [0, 0.05) is 36.7 Å². The topological polar surface area (TPSA) is 104 Å². The number of nitrogens with two attached hydrogens (primary N) is 1. The van der Waals surface area contributed by atoms with Crippen LogP contribution in [0, 0.1) is 10.8 Å². The quantitative estimate of drug-likeness (QED) is 0.309. The molecule has 0 aliphatic heterocycles. The minimum absolute atomic E-state index is 0.265. The number of nitrogens with one attached hydrogen (secondary N) is 3. The number of anilines is 1. The lowest BCUT2D eigenvalue weighted by molar-refractivity contribution is -0.109. The third kappa shape index (κ3) is 6.88. The van der Waals surface area contributed by atoms with Crippen molar-refractivity contribution in [1.82, 2.24) is 10.3 Å². The van der Waals surface area contributed by atoms with E-state index in [9.17, 15) is 4.79 Å². The molecule has 1 aliphatic rings. The molecule has 6 nitrogen and oxygen atoms in total. The fourth-order valence-electron chi connectivity index (χ4n) is 3.30. The van der Waals surface area contributed by atoms with Crippen LogP contribution in [0.25, 0.3) is 0 Å². The summed E-state index contributed by atoms with van der Waals surface area (Å²) in [6.07, 6.45) is 5.16. The van der Waals surface area contributed by atoms with Crippen LogP contribution in [0.5, 0.6) is 0 Å². The van der Waals surface area contributed by atoms with Gasteiger partial charge in [-0.15, -0.1) is 0 Å². The Labute approximate surface area is 183 Å². The van der Waals surface area contributed by atoms with Gasteiger partial charge in [-0.1, -0.05) is 43.6 Å². The van der Waals surface area contributed by atoms with Crippen LogP contribution in [0.2, 0.25) is 5.15 Å². The van der Waals surface area contributed by atoms with E-state index in [4.69, 9.17) is 22.7 Å². The summed E-state index contributed by atoms with van der Waals surface area (Å²) in [7, 11) is 1.89. The molecule has 0 bridgehead atoms. The van der Waals surface area contributed by atoms with E-state index in [1.807, 2.05) is 37.4 Å². The monoisotopic (exact) mass is 427 g/mol. The summed E-state index contributed by atoms with van der Waals surface area (Å²) >= 11 is 5.54. The van der Waals surface area contributed by atoms with Crippen molar-refractivity contribution in [3.63, 3.8) is 0 Å². The molecule has 2 aromatic rings. The van der Waals surface area contributed by atoms with E-state index in [2.05, 4.69) is 29.5 Å². The third-order valence-corrected chi connectivity index (χ3v) is 5.25. The molecule has 3 rings (SSSR count). The van der Waals surface area contributed by atoms with Crippen LogP contribution < -0.4 is 16.4 Å². The molecule has 1 amide bonds. The molecule has 7 heteroatoms. The van der Waals surface area contributed by atoms with Crippen LogP contribution in [0.1, 0.15) is 44.2 Å². The predicted molar refractivity (Wildman–Crippen MR) is 124 cm³/mol. The van der Waals surface area contributed by atoms with Crippen molar-refractivity contribution in [2.45, 2.75) is 39.7 Å². The number of nitrogens with zero attached hydrogens (tertiary/aromatic N) is 1. The number of pyridine rings is 1. The minimum Gasteiger partial charge on any atom is -0.402 e. The van der Waals surface area contributed by atoms with Crippen LogP contribution in [0.3, 0.4) is 0 Å². The van der Waals surface area contributed by atoms with Crippen molar-refractivity contribution in [3.05, 3.63) is 70.1 Å². The number of rotatable bonds is 6. The standard InChI is InChI=1S/C16H23N3.C7H7ClN2O/c1-16(2)8-7-13(14(17)10-16)15(18)11-5-4-6-12(9-11)19-3;8-7-2-1-6(4-10-7)3-9-5-11/h4-6,9,18-19H,7-8,10,17H2,1-3H3;1-2,4-5H,3H2,(H,9,11). The Balaban J connectivity index is 0.000000248. The van der Waals surface area contributed by atoms with Gasteiger partial charge in [-0.25, -0.2) is 4.98 Å². The first-order chi connectivity index (χ1) is 14.3. The van der Waals surface area contributed by atoms with Crippen LogP contribution in [0.4, 0.5) is 5.69 Å². The number of amides is 1. The summed E-state index contributed by atoms with van der Waals surface area (Å²) in [5.74, 6) is 0. The molecule has 0 unspecified atom stereocenters. The minimum atomic E-state index is 0.265. The maximum atomic E-state index is 9.89. The number of halogens is 1. The van der Waals surface area contributed by atoms with Crippen molar-refractivity contribution in [1.29, 1.82) is 5.41 Å². The Hall–Kier alpha value is -2.86. The van der Waals surface area contributed by atoms with Gasteiger partial charge in [0.05, 0.1) is 5.71 Å². The highest BCUT2D eigenvalue weighted by atomic mass is 35.5. The maximum absolute atomic E-state index is 9.89. The van der Waals surface area contributed by atoms with Gasteiger partial charge in [-0.05, 0) is 54.0 Å². The Morgan fingerprint density at radius 1 is 1.33 bits per heavy atom. The predicted octanol–water partition coefficient (Wildman–Crippen LogP) is 4.50. The second-order valence-corrected chi connectivity index (χ2v) is 8.43. The van der Waals surface area contributed by atoms with Gasteiger partial charge >= 0.3 is 0 Å². The lowest BCUT2D eigenvalue weighted by Crippen LogP contribution is -2.25. The highest BCUT2D eigenvalue weighted by Crippen LogP contribution is 2.37. The lowest BCUT2D eigenvalue weighted by atomic mass is 9.75. The van der Waals surface area contributed by atoms with Crippen molar-refractivity contribution in [2.75, 3.05) is 12.4 Å². The van der Waals surface area contributed by atoms with Crippen LogP contribution in [-0.4, -0.2) is 24.2 Å². The first-order valence-electron chi connectivity index (χ1n) is 9.88. The first-order valence-corrected chi connectivity index (χ1v) is 10.3. The normalized spacial score (nSPS) is 14.9. The SMILES string of the molecule is CNc1cccc(C(=N)C2=C(N)CC(C)(C)CC2)c1.O=CNCc1ccc(Cl)nc1. The molecule has 0 spiro atoms. The zero-order valence-electron chi connectivity index (χ0n) is 17.8. The fourth-order valence-corrected chi connectivity index (χ4v) is 3.41. The number of benzene rings is 1. The van der Waals surface area contributed by atoms with Gasteiger partial charge in [0.25, 0.3) is 0 Å². The second-order valence-electron chi connectivity index (χ2n) is 8.04. The second kappa shape index (κ2) is 10.8. The average molecular weight is 428 g/mol. The number of carbonyl (C=O) groups is 1. The zero-order chi connectivity index (χ0) is 22.1. The van der Waals surface area contributed by atoms with E-state index in [-0.39, 0.29) is 5.41 Å². The molecule has 30 heavy (non-hydrogen) atoms.